The molecule has 1 aliphatic heterocycles. The molecule has 0 spiro atoms. The zero-order valence-corrected chi connectivity index (χ0v) is 14.0. The molecule has 0 aliphatic carbocycles. The smallest absolute Gasteiger partial charge is 0.266 e. The first-order chi connectivity index (χ1) is 11.7. The fourth-order valence-electron chi connectivity index (χ4n) is 3.01. The van der Waals surface area contributed by atoms with E-state index in [9.17, 15) is 4.79 Å². The Hall–Kier alpha value is -2.61. The Bertz CT molecular complexity index is 858. The Morgan fingerprint density at radius 3 is 2.92 bits per heavy atom. The van der Waals surface area contributed by atoms with Crippen molar-refractivity contribution in [1.82, 2.24) is 29.6 Å². The van der Waals surface area contributed by atoms with E-state index in [4.69, 9.17) is 0 Å². The lowest BCUT2D eigenvalue weighted by molar-refractivity contribution is 0.0740. The largest absolute Gasteiger partial charge is 0.331 e. The average molecular weight is 340 g/mol. The van der Waals surface area contributed by atoms with Gasteiger partial charge in [0, 0.05) is 37.7 Å². The topological polar surface area (TPSA) is 76.8 Å². The van der Waals surface area contributed by atoms with Crippen LogP contribution in [-0.2, 0) is 7.05 Å². The van der Waals surface area contributed by atoms with Gasteiger partial charge in [0.05, 0.1) is 24.6 Å². The Kier molecular flexibility index (Phi) is 3.81. The number of nitrogens with zero attached hydrogens (tertiary/aromatic N) is 6. The number of hydrogen-bond donors (Lipinski definition) is 0. The van der Waals surface area contributed by atoms with Crippen molar-refractivity contribution in [3.63, 3.8) is 0 Å². The number of rotatable bonds is 3. The van der Waals surface area contributed by atoms with E-state index in [-0.39, 0.29) is 11.9 Å². The summed E-state index contributed by atoms with van der Waals surface area (Å²) in [6.07, 6.45) is 12.3. The van der Waals surface area contributed by atoms with Crippen molar-refractivity contribution >= 4 is 17.2 Å². The summed E-state index contributed by atoms with van der Waals surface area (Å²) in [6.45, 7) is 0.761. The molecule has 1 unspecified atom stereocenters. The second-order valence-electron chi connectivity index (χ2n) is 5.72. The number of aromatic nitrogens is 5. The maximum atomic E-state index is 12.9. The second-order valence-corrected chi connectivity index (χ2v) is 6.75. The lowest BCUT2D eigenvalue weighted by Crippen LogP contribution is -2.29. The van der Waals surface area contributed by atoms with Gasteiger partial charge in [-0.05, 0) is 12.8 Å². The fraction of sp³-hybridized carbons (Fsp3) is 0.312. The molecule has 1 fully saturated rings. The first kappa shape index (κ1) is 14.9. The highest BCUT2D eigenvalue weighted by molar-refractivity contribution is 7.16. The third kappa shape index (κ3) is 2.69. The quantitative estimate of drug-likeness (QED) is 0.731. The number of likely N-dealkylation sites (tertiary alicyclic amines) is 1. The molecule has 4 rings (SSSR count). The van der Waals surface area contributed by atoms with Crippen LogP contribution in [0.2, 0.25) is 0 Å². The zero-order valence-electron chi connectivity index (χ0n) is 13.2. The zero-order chi connectivity index (χ0) is 16.5. The van der Waals surface area contributed by atoms with Gasteiger partial charge < -0.3 is 4.90 Å². The molecule has 3 aromatic rings. The van der Waals surface area contributed by atoms with Gasteiger partial charge in [-0.25, -0.2) is 4.98 Å². The summed E-state index contributed by atoms with van der Waals surface area (Å²) in [5.74, 6) is 0.0222. The van der Waals surface area contributed by atoms with Crippen LogP contribution in [0.1, 0.15) is 34.1 Å². The molecule has 8 heteroatoms. The number of aryl methyl sites for hydroxylation is 1. The van der Waals surface area contributed by atoms with E-state index < -0.39 is 0 Å². The Morgan fingerprint density at radius 1 is 1.25 bits per heavy atom. The molecule has 7 nitrogen and oxygen atoms in total. The summed E-state index contributed by atoms with van der Waals surface area (Å²) in [5.41, 5.74) is 1.77. The van der Waals surface area contributed by atoms with Crippen molar-refractivity contribution in [2.24, 2.45) is 7.05 Å². The van der Waals surface area contributed by atoms with Gasteiger partial charge >= 0.3 is 0 Å². The van der Waals surface area contributed by atoms with E-state index in [0.717, 1.165) is 24.9 Å². The van der Waals surface area contributed by atoms with Crippen LogP contribution in [0, 0.1) is 0 Å². The van der Waals surface area contributed by atoms with Crippen LogP contribution in [0.3, 0.4) is 0 Å². The van der Waals surface area contributed by atoms with Gasteiger partial charge in [0.15, 0.2) is 0 Å². The molecule has 4 heterocycles. The maximum Gasteiger partial charge on any atom is 0.266 e. The number of amides is 1. The number of hydrogen-bond acceptors (Lipinski definition) is 6. The number of carbonyl (C=O) groups is 1. The molecule has 3 aromatic heterocycles. The van der Waals surface area contributed by atoms with Crippen molar-refractivity contribution < 1.29 is 4.79 Å². The maximum absolute atomic E-state index is 12.9. The SMILES string of the molecule is Cn1cc(C2CCCN2C(=O)c2cnc(-c3cnccn3)s2)cn1. The molecule has 0 radical (unpaired) electrons. The predicted molar refractivity (Wildman–Crippen MR) is 89.4 cm³/mol. The summed E-state index contributed by atoms with van der Waals surface area (Å²) in [4.78, 5) is 28.1. The van der Waals surface area contributed by atoms with E-state index in [0.29, 0.717) is 15.6 Å². The van der Waals surface area contributed by atoms with Gasteiger partial charge in [0.1, 0.15) is 15.6 Å². The minimum Gasteiger partial charge on any atom is -0.331 e. The average Bonchev–Trinajstić information content (AvgIpc) is 3.35. The minimum atomic E-state index is 0.0222. The first-order valence-corrected chi connectivity index (χ1v) is 8.56. The Balaban J connectivity index is 1.58. The summed E-state index contributed by atoms with van der Waals surface area (Å²) in [6, 6.07) is 0.0910. The van der Waals surface area contributed by atoms with E-state index in [1.807, 2.05) is 24.3 Å². The first-order valence-electron chi connectivity index (χ1n) is 7.74. The summed E-state index contributed by atoms with van der Waals surface area (Å²) < 4.78 is 1.77. The van der Waals surface area contributed by atoms with Crippen LogP contribution in [0.15, 0.2) is 37.2 Å². The summed E-state index contributed by atoms with van der Waals surface area (Å²) in [7, 11) is 1.89. The van der Waals surface area contributed by atoms with Crippen LogP contribution in [0.5, 0.6) is 0 Å². The lowest BCUT2D eigenvalue weighted by atomic mass is 10.1. The molecule has 1 saturated heterocycles. The molecule has 0 N–H and O–H groups in total. The van der Waals surface area contributed by atoms with E-state index in [2.05, 4.69) is 20.1 Å². The molecule has 1 atom stereocenters. The fourth-order valence-corrected chi connectivity index (χ4v) is 3.84. The lowest BCUT2D eigenvalue weighted by Gasteiger charge is -2.23. The molecule has 0 saturated carbocycles. The molecular formula is C16H16N6OS. The highest BCUT2D eigenvalue weighted by Gasteiger charge is 2.32. The van der Waals surface area contributed by atoms with Crippen molar-refractivity contribution in [2.75, 3.05) is 6.54 Å². The van der Waals surface area contributed by atoms with Crippen LogP contribution in [0.25, 0.3) is 10.7 Å². The third-order valence-corrected chi connectivity index (χ3v) is 5.13. The van der Waals surface area contributed by atoms with Gasteiger partial charge in [-0.2, -0.15) is 5.10 Å². The molecule has 1 amide bonds. The van der Waals surface area contributed by atoms with Crippen LogP contribution < -0.4 is 0 Å². The third-order valence-electron chi connectivity index (χ3n) is 4.12. The van der Waals surface area contributed by atoms with Gasteiger partial charge in [-0.3, -0.25) is 19.4 Å². The van der Waals surface area contributed by atoms with Crippen molar-refractivity contribution in [2.45, 2.75) is 18.9 Å². The minimum absolute atomic E-state index is 0.0222. The normalized spacial score (nSPS) is 17.4. The van der Waals surface area contributed by atoms with Gasteiger partial charge in [-0.1, -0.05) is 0 Å². The van der Waals surface area contributed by atoms with Gasteiger partial charge in [0.25, 0.3) is 5.91 Å². The molecule has 122 valence electrons. The Morgan fingerprint density at radius 2 is 2.17 bits per heavy atom. The van der Waals surface area contributed by atoms with Crippen molar-refractivity contribution in [1.29, 1.82) is 0 Å². The van der Waals surface area contributed by atoms with Crippen LogP contribution in [-0.4, -0.2) is 42.1 Å². The highest BCUT2D eigenvalue weighted by Crippen LogP contribution is 2.34. The highest BCUT2D eigenvalue weighted by atomic mass is 32.1. The van der Waals surface area contributed by atoms with Crippen molar-refractivity contribution in [3.8, 4) is 10.7 Å². The molecule has 24 heavy (non-hydrogen) atoms. The van der Waals surface area contributed by atoms with Gasteiger partial charge in [-0.15, -0.1) is 11.3 Å². The standard InChI is InChI=1S/C16H16N6OS/c1-21-10-11(7-20-21)13-3-2-6-22(13)16(23)14-9-19-15(24-14)12-8-17-4-5-18-12/h4-5,7-10,13H,2-3,6H2,1H3. The van der Waals surface area contributed by atoms with Gasteiger partial charge in [0.2, 0.25) is 0 Å². The Labute approximate surface area is 143 Å². The monoisotopic (exact) mass is 340 g/mol. The molecule has 0 aromatic carbocycles. The van der Waals surface area contributed by atoms with E-state index in [1.54, 1.807) is 29.5 Å². The number of carbonyl (C=O) groups excluding carboxylic acids is 1. The van der Waals surface area contributed by atoms with E-state index in [1.165, 1.54) is 11.3 Å². The molecule has 0 bridgehead atoms. The summed E-state index contributed by atoms with van der Waals surface area (Å²) >= 11 is 1.36. The number of thiazole rings is 1. The molecular weight excluding hydrogens is 324 g/mol. The van der Waals surface area contributed by atoms with Crippen LogP contribution >= 0.6 is 11.3 Å². The predicted octanol–water partition coefficient (Wildman–Crippen LogP) is 2.31. The summed E-state index contributed by atoms with van der Waals surface area (Å²) in [5, 5.41) is 4.94. The molecule has 1 aliphatic rings. The van der Waals surface area contributed by atoms with E-state index >= 15 is 0 Å². The van der Waals surface area contributed by atoms with Crippen LogP contribution in [0.4, 0.5) is 0 Å². The second kappa shape index (κ2) is 6.12. The van der Waals surface area contributed by atoms with Crippen molar-refractivity contribution in [3.05, 3.63) is 47.6 Å².